The molecular weight excluding hydrogens is 358 g/mol. The van der Waals surface area contributed by atoms with E-state index < -0.39 is 9.84 Å². The molecule has 0 atom stereocenters. The zero-order valence-corrected chi connectivity index (χ0v) is 15.3. The molecule has 2 aromatic carbocycles. The van der Waals surface area contributed by atoms with E-state index >= 15 is 0 Å². The fourth-order valence-corrected chi connectivity index (χ4v) is 3.38. The summed E-state index contributed by atoms with van der Waals surface area (Å²) in [6.07, 6.45) is 3.31. The third-order valence-corrected chi connectivity index (χ3v) is 5.38. The first kappa shape index (κ1) is 19.0. The maximum atomic E-state index is 12.6. The van der Waals surface area contributed by atoms with Crippen molar-refractivity contribution in [1.29, 1.82) is 5.26 Å². The SMILES string of the molecule is CCCCOc1cccc(C=C(C#N)S(=O)(=O)c2ccc(Cl)cc2)c1. The van der Waals surface area contributed by atoms with Gasteiger partial charge >= 0.3 is 0 Å². The quantitative estimate of drug-likeness (QED) is 0.512. The molecule has 25 heavy (non-hydrogen) atoms. The van der Waals surface area contributed by atoms with E-state index in [0.717, 1.165) is 12.8 Å². The van der Waals surface area contributed by atoms with Crippen molar-refractivity contribution in [2.75, 3.05) is 6.61 Å². The predicted molar refractivity (Wildman–Crippen MR) is 99.1 cm³/mol. The van der Waals surface area contributed by atoms with Gasteiger partial charge < -0.3 is 4.74 Å². The molecule has 0 N–H and O–H groups in total. The van der Waals surface area contributed by atoms with Gasteiger partial charge in [-0.05, 0) is 54.5 Å². The van der Waals surface area contributed by atoms with Gasteiger partial charge in [-0.25, -0.2) is 8.42 Å². The number of rotatable bonds is 7. The van der Waals surface area contributed by atoms with Crippen LogP contribution in [0.5, 0.6) is 5.75 Å². The molecule has 0 spiro atoms. The summed E-state index contributed by atoms with van der Waals surface area (Å²) in [7, 11) is -3.90. The van der Waals surface area contributed by atoms with Crippen LogP contribution in [0.3, 0.4) is 0 Å². The molecule has 130 valence electrons. The van der Waals surface area contributed by atoms with Crippen LogP contribution < -0.4 is 4.74 Å². The van der Waals surface area contributed by atoms with Gasteiger partial charge in [-0.2, -0.15) is 5.26 Å². The minimum absolute atomic E-state index is 0.0278. The van der Waals surface area contributed by atoms with Crippen LogP contribution in [0.1, 0.15) is 25.3 Å². The summed E-state index contributed by atoms with van der Waals surface area (Å²) in [5, 5.41) is 9.76. The van der Waals surface area contributed by atoms with Gasteiger partial charge in [-0.15, -0.1) is 0 Å². The Morgan fingerprint density at radius 1 is 1.24 bits per heavy atom. The van der Waals surface area contributed by atoms with E-state index in [0.29, 0.717) is 22.9 Å². The van der Waals surface area contributed by atoms with E-state index in [-0.39, 0.29) is 9.80 Å². The number of sulfone groups is 1. The Morgan fingerprint density at radius 3 is 2.60 bits per heavy atom. The summed E-state index contributed by atoms with van der Waals surface area (Å²) < 4.78 is 30.8. The van der Waals surface area contributed by atoms with Crippen molar-refractivity contribution in [3.63, 3.8) is 0 Å². The zero-order valence-electron chi connectivity index (χ0n) is 13.8. The Kier molecular flexibility index (Phi) is 6.63. The summed E-state index contributed by atoms with van der Waals surface area (Å²) in [4.78, 5) is -0.305. The number of unbranched alkanes of at least 4 members (excludes halogenated alkanes) is 1. The molecule has 0 fully saturated rings. The summed E-state index contributed by atoms with van der Waals surface area (Å²) in [6, 6.07) is 14.5. The molecular formula is C19H18ClNO3S. The van der Waals surface area contributed by atoms with Crippen LogP contribution in [0.2, 0.25) is 5.02 Å². The van der Waals surface area contributed by atoms with Gasteiger partial charge in [-0.1, -0.05) is 37.1 Å². The van der Waals surface area contributed by atoms with Crippen LogP contribution in [0.15, 0.2) is 58.3 Å². The minimum Gasteiger partial charge on any atom is -0.494 e. The molecule has 2 aromatic rings. The lowest BCUT2D eigenvalue weighted by molar-refractivity contribution is 0.309. The molecule has 2 rings (SSSR count). The first-order valence-electron chi connectivity index (χ1n) is 7.82. The summed E-state index contributed by atoms with van der Waals surface area (Å²) in [5.41, 5.74) is 0.586. The molecule has 0 radical (unpaired) electrons. The van der Waals surface area contributed by atoms with E-state index in [4.69, 9.17) is 16.3 Å². The molecule has 0 saturated heterocycles. The molecule has 4 nitrogen and oxygen atoms in total. The Labute approximate surface area is 153 Å². The first-order valence-corrected chi connectivity index (χ1v) is 9.69. The van der Waals surface area contributed by atoms with E-state index in [1.54, 1.807) is 30.3 Å². The number of nitriles is 1. The molecule has 0 bridgehead atoms. The van der Waals surface area contributed by atoms with Crippen molar-refractivity contribution in [3.05, 3.63) is 64.0 Å². The molecule has 0 saturated carbocycles. The number of hydrogen-bond donors (Lipinski definition) is 0. The lowest BCUT2D eigenvalue weighted by Gasteiger charge is -2.07. The smallest absolute Gasteiger partial charge is 0.216 e. The maximum Gasteiger partial charge on any atom is 0.216 e. The third kappa shape index (κ3) is 5.09. The first-order chi connectivity index (χ1) is 12.0. The number of ether oxygens (including phenoxy) is 1. The highest BCUT2D eigenvalue weighted by Crippen LogP contribution is 2.24. The maximum absolute atomic E-state index is 12.6. The van der Waals surface area contributed by atoms with Crippen molar-refractivity contribution in [3.8, 4) is 11.8 Å². The highest BCUT2D eigenvalue weighted by Gasteiger charge is 2.20. The van der Waals surface area contributed by atoms with Crippen LogP contribution in [-0.2, 0) is 9.84 Å². The molecule has 0 heterocycles. The van der Waals surface area contributed by atoms with Gasteiger partial charge in [0.25, 0.3) is 0 Å². The standard InChI is InChI=1S/C19H18ClNO3S/c1-2-3-11-24-17-6-4-5-15(12-17)13-19(14-21)25(22,23)18-9-7-16(20)8-10-18/h4-10,12-13H,2-3,11H2,1H3. The van der Waals surface area contributed by atoms with Gasteiger partial charge in [0.05, 0.1) is 11.5 Å². The second kappa shape index (κ2) is 8.70. The lowest BCUT2D eigenvalue weighted by atomic mass is 10.2. The van der Waals surface area contributed by atoms with Crippen LogP contribution in [-0.4, -0.2) is 15.0 Å². The minimum atomic E-state index is -3.90. The normalized spacial score (nSPS) is 11.8. The van der Waals surface area contributed by atoms with Crippen LogP contribution in [0.4, 0.5) is 0 Å². The molecule has 6 heteroatoms. The fraction of sp³-hybridized carbons (Fsp3) is 0.211. The predicted octanol–water partition coefficient (Wildman–Crippen LogP) is 4.86. The topological polar surface area (TPSA) is 67.2 Å². The van der Waals surface area contributed by atoms with Crippen molar-refractivity contribution in [2.45, 2.75) is 24.7 Å². The number of nitrogens with zero attached hydrogens (tertiary/aromatic N) is 1. The molecule has 0 amide bonds. The molecule has 0 aliphatic carbocycles. The zero-order chi connectivity index (χ0) is 18.3. The Bertz CT molecular complexity index is 897. The second-order valence-electron chi connectivity index (χ2n) is 5.35. The van der Waals surface area contributed by atoms with Crippen LogP contribution in [0.25, 0.3) is 6.08 Å². The lowest BCUT2D eigenvalue weighted by Crippen LogP contribution is -2.03. The largest absolute Gasteiger partial charge is 0.494 e. The van der Waals surface area contributed by atoms with Crippen molar-refractivity contribution in [2.24, 2.45) is 0 Å². The van der Waals surface area contributed by atoms with Gasteiger partial charge in [0.1, 0.15) is 16.7 Å². The second-order valence-corrected chi connectivity index (χ2v) is 7.71. The van der Waals surface area contributed by atoms with E-state index in [1.165, 1.54) is 30.3 Å². The summed E-state index contributed by atoms with van der Waals surface area (Å²) >= 11 is 5.79. The average molecular weight is 376 g/mol. The fourth-order valence-electron chi connectivity index (χ4n) is 2.09. The Morgan fingerprint density at radius 2 is 1.96 bits per heavy atom. The van der Waals surface area contributed by atoms with Crippen molar-refractivity contribution < 1.29 is 13.2 Å². The number of allylic oxidation sites excluding steroid dienone is 1. The molecule has 0 aliphatic heterocycles. The van der Waals surface area contributed by atoms with Crippen LogP contribution >= 0.6 is 11.6 Å². The van der Waals surface area contributed by atoms with Gasteiger partial charge in [0.2, 0.25) is 9.84 Å². The van der Waals surface area contributed by atoms with E-state index in [2.05, 4.69) is 6.92 Å². The number of hydrogen-bond acceptors (Lipinski definition) is 4. The molecule has 0 aliphatic rings. The van der Waals surface area contributed by atoms with Crippen molar-refractivity contribution in [1.82, 2.24) is 0 Å². The average Bonchev–Trinajstić information content (AvgIpc) is 2.60. The summed E-state index contributed by atoms with van der Waals surface area (Å²) in [5.74, 6) is 0.642. The highest BCUT2D eigenvalue weighted by atomic mass is 35.5. The van der Waals surface area contributed by atoms with Gasteiger partial charge in [0.15, 0.2) is 0 Å². The number of benzene rings is 2. The van der Waals surface area contributed by atoms with Crippen LogP contribution in [0, 0.1) is 11.3 Å². The van der Waals surface area contributed by atoms with Crippen molar-refractivity contribution >= 4 is 27.5 Å². The third-order valence-electron chi connectivity index (χ3n) is 3.45. The molecule has 0 unspecified atom stereocenters. The molecule has 0 aromatic heterocycles. The van der Waals surface area contributed by atoms with E-state index in [9.17, 15) is 13.7 Å². The van der Waals surface area contributed by atoms with E-state index in [1.807, 2.05) is 0 Å². The Hall–Kier alpha value is -2.29. The summed E-state index contributed by atoms with van der Waals surface area (Å²) in [6.45, 7) is 2.67. The van der Waals surface area contributed by atoms with Gasteiger partial charge in [0, 0.05) is 5.02 Å². The Balaban J connectivity index is 2.32. The number of halogens is 1. The highest BCUT2D eigenvalue weighted by molar-refractivity contribution is 7.95. The van der Waals surface area contributed by atoms with Gasteiger partial charge in [-0.3, -0.25) is 0 Å². The monoisotopic (exact) mass is 375 g/mol.